The van der Waals surface area contributed by atoms with Crippen molar-refractivity contribution in [3.05, 3.63) is 29.6 Å². The molecule has 1 atom stereocenters. The van der Waals surface area contributed by atoms with Gasteiger partial charge in [-0.25, -0.2) is 22.7 Å². The predicted octanol–water partition coefficient (Wildman–Crippen LogP) is 0.162. The second kappa shape index (κ2) is 5.41. The van der Waals surface area contributed by atoms with Crippen LogP contribution in [0.25, 0.3) is 0 Å². The average molecular weight is 316 g/mol. The lowest BCUT2D eigenvalue weighted by atomic mass is 10.1. The Morgan fingerprint density at radius 3 is 2.57 bits per heavy atom. The topological polar surface area (TPSA) is 118 Å². The summed E-state index contributed by atoms with van der Waals surface area (Å²) in [6.07, 6.45) is 0.874. The highest BCUT2D eigenvalue weighted by Crippen LogP contribution is 2.22. The summed E-state index contributed by atoms with van der Waals surface area (Å²) in [6.45, 7) is 0.258. The number of nitrogens with zero attached hydrogens (tertiary/aromatic N) is 1. The van der Waals surface area contributed by atoms with Gasteiger partial charge in [-0.05, 0) is 31.0 Å². The minimum Gasteiger partial charge on any atom is -0.480 e. The van der Waals surface area contributed by atoms with Gasteiger partial charge in [0.1, 0.15) is 16.8 Å². The van der Waals surface area contributed by atoms with Crippen molar-refractivity contribution >= 4 is 21.9 Å². The second-order valence-electron chi connectivity index (χ2n) is 4.69. The zero-order valence-electron chi connectivity index (χ0n) is 10.8. The largest absolute Gasteiger partial charge is 0.480 e. The number of hydrogen-bond donors (Lipinski definition) is 2. The van der Waals surface area contributed by atoms with Gasteiger partial charge < -0.3 is 10.0 Å². The summed E-state index contributed by atoms with van der Waals surface area (Å²) in [4.78, 5) is 23.6. The van der Waals surface area contributed by atoms with Crippen molar-refractivity contribution < 1.29 is 27.5 Å². The average Bonchev–Trinajstić information content (AvgIpc) is 2.85. The summed E-state index contributed by atoms with van der Waals surface area (Å²) in [5.41, 5.74) is -0.118. The van der Waals surface area contributed by atoms with Gasteiger partial charge in [0, 0.05) is 12.1 Å². The molecule has 1 fully saturated rings. The zero-order valence-corrected chi connectivity index (χ0v) is 11.6. The van der Waals surface area contributed by atoms with Crippen molar-refractivity contribution in [2.75, 3.05) is 6.54 Å². The van der Waals surface area contributed by atoms with E-state index in [1.165, 1.54) is 0 Å². The van der Waals surface area contributed by atoms with Crippen LogP contribution in [0.1, 0.15) is 23.2 Å². The molecule has 2 rings (SSSR count). The molecule has 1 heterocycles. The van der Waals surface area contributed by atoms with E-state index in [9.17, 15) is 22.4 Å². The van der Waals surface area contributed by atoms with E-state index in [0.717, 1.165) is 23.1 Å². The van der Waals surface area contributed by atoms with E-state index < -0.39 is 38.7 Å². The maximum absolute atomic E-state index is 13.7. The van der Waals surface area contributed by atoms with E-state index in [2.05, 4.69) is 0 Å². The van der Waals surface area contributed by atoms with E-state index in [1.54, 1.807) is 0 Å². The van der Waals surface area contributed by atoms with Crippen LogP contribution >= 0.6 is 0 Å². The molecule has 0 aliphatic carbocycles. The van der Waals surface area contributed by atoms with Crippen LogP contribution < -0.4 is 5.14 Å². The van der Waals surface area contributed by atoms with Gasteiger partial charge in [0.2, 0.25) is 10.0 Å². The SMILES string of the molecule is NS(=O)(=O)c1ccc(C(=O)N2CCC[C@@H]2C(=O)O)cc1F. The Labute approximate surface area is 120 Å². The maximum Gasteiger partial charge on any atom is 0.326 e. The van der Waals surface area contributed by atoms with Crippen LogP contribution in [-0.2, 0) is 14.8 Å². The van der Waals surface area contributed by atoms with Crippen molar-refractivity contribution in [1.29, 1.82) is 0 Å². The number of likely N-dealkylation sites (tertiary alicyclic amines) is 1. The molecule has 1 aliphatic rings. The van der Waals surface area contributed by atoms with Crippen LogP contribution in [0, 0.1) is 5.82 Å². The third kappa shape index (κ3) is 3.03. The molecule has 0 aromatic heterocycles. The fourth-order valence-electron chi connectivity index (χ4n) is 2.30. The fraction of sp³-hybridized carbons (Fsp3) is 0.333. The molecule has 1 aliphatic heterocycles. The van der Waals surface area contributed by atoms with Gasteiger partial charge in [-0.1, -0.05) is 0 Å². The smallest absolute Gasteiger partial charge is 0.326 e. The number of carboxylic acids is 1. The Morgan fingerprint density at radius 1 is 1.38 bits per heavy atom. The van der Waals surface area contributed by atoms with Gasteiger partial charge in [-0.2, -0.15) is 0 Å². The number of aliphatic carboxylic acids is 1. The third-order valence-corrected chi connectivity index (χ3v) is 4.23. The number of rotatable bonds is 3. The first-order valence-electron chi connectivity index (χ1n) is 6.08. The summed E-state index contributed by atoms with van der Waals surface area (Å²) >= 11 is 0. The quantitative estimate of drug-likeness (QED) is 0.823. The number of benzene rings is 1. The molecule has 3 N–H and O–H groups in total. The van der Waals surface area contributed by atoms with Crippen molar-refractivity contribution in [3.8, 4) is 0 Å². The normalized spacial score (nSPS) is 18.8. The first-order chi connectivity index (χ1) is 9.71. The standard InChI is InChI=1S/C12H13FN2O5S/c13-8-6-7(3-4-10(8)21(14,19)20)11(16)15-5-1-2-9(15)12(17)18/h3-4,6,9H,1-2,5H2,(H,17,18)(H2,14,19,20)/t9-/m1/s1. The molecule has 0 radical (unpaired) electrons. The molecule has 1 amide bonds. The first kappa shape index (κ1) is 15.4. The number of nitrogens with two attached hydrogens (primary N) is 1. The number of carboxylic acid groups (broad SMARTS) is 1. The molecule has 114 valence electrons. The van der Waals surface area contributed by atoms with E-state index in [0.29, 0.717) is 12.8 Å². The van der Waals surface area contributed by atoms with Crippen LogP contribution in [0.2, 0.25) is 0 Å². The Kier molecular flexibility index (Phi) is 3.97. The monoisotopic (exact) mass is 316 g/mol. The fourth-order valence-corrected chi connectivity index (χ4v) is 2.89. The number of carbonyl (C=O) groups is 2. The molecule has 0 unspecified atom stereocenters. The first-order valence-corrected chi connectivity index (χ1v) is 7.62. The third-order valence-electron chi connectivity index (χ3n) is 3.28. The molecule has 1 saturated heterocycles. The maximum atomic E-state index is 13.7. The molecule has 0 saturated carbocycles. The molecule has 7 nitrogen and oxygen atoms in total. The molecule has 1 aromatic rings. The van der Waals surface area contributed by atoms with Crippen LogP contribution in [0.4, 0.5) is 4.39 Å². The summed E-state index contributed by atoms with van der Waals surface area (Å²) in [5, 5.41) is 13.8. The molecule has 0 bridgehead atoms. The van der Waals surface area contributed by atoms with Crippen LogP contribution in [0.15, 0.2) is 23.1 Å². The van der Waals surface area contributed by atoms with Gasteiger partial charge in [0.05, 0.1) is 0 Å². The summed E-state index contributed by atoms with van der Waals surface area (Å²) in [5.74, 6) is -2.92. The summed E-state index contributed by atoms with van der Waals surface area (Å²) in [7, 11) is -4.21. The van der Waals surface area contributed by atoms with Gasteiger partial charge in [-0.3, -0.25) is 4.79 Å². The number of carbonyl (C=O) groups excluding carboxylic acids is 1. The van der Waals surface area contributed by atoms with E-state index in [-0.39, 0.29) is 12.1 Å². The Balaban J connectivity index is 2.33. The highest BCUT2D eigenvalue weighted by molar-refractivity contribution is 7.89. The molecular formula is C12H13FN2O5S. The Hall–Kier alpha value is -2.00. The highest BCUT2D eigenvalue weighted by Gasteiger charge is 2.34. The van der Waals surface area contributed by atoms with Gasteiger partial charge in [0.25, 0.3) is 5.91 Å². The molecular weight excluding hydrogens is 303 g/mol. The van der Waals surface area contributed by atoms with Crippen molar-refractivity contribution in [2.45, 2.75) is 23.8 Å². The number of primary sulfonamides is 1. The minimum atomic E-state index is -4.21. The highest BCUT2D eigenvalue weighted by atomic mass is 32.2. The minimum absolute atomic E-state index is 0.118. The van der Waals surface area contributed by atoms with Crippen LogP contribution in [0.3, 0.4) is 0 Å². The van der Waals surface area contributed by atoms with Crippen LogP contribution in [-0.4, -0.2) is 42.9 Å². The van der Waals surface area contributed by atoms with E-state index in [1.807, 2.05) is 0 Å². The number of amides is 1. The van der Waals surface area contributed by atoms with Gasteiger partial charge >= 0.3 is 5.97 Å². The Bertz CT molecular complexity index is 704. The molecule has 0 spiro atoms. The lowest BCUT2D eigenvalue weighted by Gasteiger charge is -2.21. The van der Waals surface area contributed by atoms with E-state index >= 15 is 0 Å². The second-order valence-corrected chi connectivity index (χ2v) is 6.21. The molecule has 1 aromatic carbocycles. The van der Waals surface area contributed by atoms with E-state index in [4.69, 9.17) is 10.2 Å². The van der Waals surface area contributed by atoms with Crippen molar-refractivity contribution in [1.82, 2.24) is 4.90 Å². The van der Waals surface area contributed by atoms with Gasteiger partial charge in [0.15, 0.2) is 0 Å². The molecule has 9 heteroatoms. The number of hydrogen-bond acceptors (Lipinski definition) is 4. The van der Waals surface area contributed by atoms with Crippen LogP contribution in [0.5, 0.6) is 0 Å². The summed E-state index contributed by atoms with van der Waals surface area (Å²) in [6, 6.07) is 1.81. The van der Waals surface area contributed by atoms with Crippen molar-refractivity contribution in [2.24, 2.45) is 5.14 Å². The Morgan fingerprint density at radius 2 is 2.05 bits per heavy atom. The zero-order chi connectivity index (χ0) is 15.8. The predicted molar refractivity (Wildman–Crippen MR) is 69.5 cm³/mol. The number of halogens is 1. The number of sulfonamides is 1. The lowest BCUT2D eigenvalue weighted by Crippen LogP contribution is -2.40. The van der Waals surface area contributed by atoms with Gasteiger partial charge in [-0.15, -0.1) is 0 Å². The van der Waals surface area contributed by atoms with Crippen molar-refractivity contribution in [3.63, 3.8) is 0 Å². The lowest BCUT2D eigenvalue weighted by molar-refractivity contribution is -0.141. The molecule has 21 heavy (non-hydrogen) atoms. The summed E-state index contributed by atoms with van der Waals surface area (Å²) < 4.78 is 35.9.